The van der Waals surface area contributed by atoms with Crippen molar-refractivity contribution in [2.24, 2.45) is 5.41 Å². The van der Waals surface area contributed by atoms with E-state index < -0.39 is 57.2 Å². The first kappa shape index (κ1) is 46.5. The number of hydrogen-bond donors (Lipinski definition) is 2. The van der Waals surface area contributed by atoms with Crippen LogP contribution in [-0.2, 0) is 50.5 Å². The number of esters is 1. The maximum atomic E-state index is 14.3. The molecular weight excluding hydrogens is 724 g/mol. The van der Waals surface area contributed by atoms with Gasteiger partial charge in [0.25, 0.3) is 0 Å². The molecule has 0 aliphatic carbocycles. The predicted molar refractivity (Wildman–Crippen MR) is 215 cm³/mol. The Morgan fingerprint density at radius 2 is 1.30 bits per heavy atom. The minimum atomic E-state index is -5.29. The van der Waals surface area contributed by atoms with Crippen molar-refractivity contribution in [2.75, 3.05) is 6.61 Å². The first-order valence-electron chi connectivity index (χ1n) is 19.9. The van der Waals surface area contributed by atoms with E-state index in [1.54, 1.807) is 20.8 Å². The Morgan fingerprint density at radius 3 is 1.74 bits per heavy atom. The fourth-order valence-corrected chi connectivity index (χ4v) is 14.3. The van der Waals surface area contributed by atoms with E-state index >= 15 is 0 Å². The van der Waals surface area contributed by atoms with Gasteiger partial charge in [-0.2, -0.15) is 0 Å². The van der Waals surface area contributed by atoms with Gasteiger partial charge in [0.2, 0.25) is 5.79 Å². The van der Waals surface area contributed by atoms with Crippen LogP contribution >= 0.6 is 7.82 Å². The largest absolute Gasteiger partial charge is 0.472 e. The Kier molecular flexibility index (Phi) is 17.2. The number of carbonyl (C=O) groups is 1. The smallest absolute Gasteiger partial charge is 0.450 e. The second-order valence-corrected chi connectivity index (χ2v) is 23.5. The molecule has 3 rings (SSSR count). The molecule has 12 heteroatoms. The Labute approximate surface area is 326 Å². The molecule has 2 aromatic rings. The summed E-state index contributed by atoms with van der Waals surface area (Å²) in [5, 5.41) is 0. The first-order chi connectivity index (χ1) is 25.3. The summed E-state index contributed by atoms with van der Waals surface area (Å²) in [6.45, 7) is 22.8. The number of carbonyl (C=O) groups excluding carboxylic acids is 1. The fraction of sp³-hybridized carbons (Fsp3) is 0.690. The summed E-state index contributed by atoms with van der Waals surface area (Å²) in [6, 6.07) is 19.4. The summed E-state index contributed by atoms with van der Waals surface area (Å²) < 4.78 is 54.1. The normalized spacial score (nSPS) is 24.0. The van der Waals surface area contributed by atoms with E-state index in [1.165, 1.54) is 0 Å². The number of hydrogen-bond acceptors (Lipinski definition) is 8. The van der Waals surface area contributed by atoms with Crippen molar-refractivity contribution in [1.82, 2.24) is 0 Å². The molecular formula is C42H69O10PSi. The molecule has 0 unspecified atom stereocenters. The number of ether oxygens (including phenoxy) is 4. The quantitative estimate of drug-likeness (QED) is 0.0716. The zero-order valence-corrected chi connectivity index (χ0v) is 36.6. The molecule has 0 bridgehead atoms. The van der Waals surface area contributed by atoms with Crippen molar-refractivity contribution >= 4 is 22.1 Å². The van der Waals surface area contributed by atoms with Gasteiger partial charge >= 0.3 is 13.8 Å². The number of unbranched alkanes of at least 4 members (excludes halogenated alkanes) is 2. The third kappa shape index (κ3) is 11.4. The van der Waals surface area contributed by atoms with Crippen LogP contribution in [0, 0.1) is 5.41 Å². The van der Waals surface area contributed by atoms with Crippen LogP contribution in [-0.4, -0.2) is 60.4 Å². The van der Waals surface area contributed by atoms with E-state index in [1.807, 2.05) is 74.5 Å². The molecule has 0 saturated carbocycles. The van der Waals surface area contributed by atoms with Crippen molar-refractivity contribution in [2.45, 2.75) is 174 Å². The first-order valence-corrected chi connectivity index (χ1v) is 23.6. The van der Waals surface area contributed by atoms with Gasteiger partial charge in [0.05, 0.1) is 25.2 Å². The number of rotatable bonds is 21. The van der Waals surface area contributed by atoms with Crippen molar-refractivity contribution in [3.63, 3.8) is 0 Å². The molecule has 0 spiro atoms. The summed E-state index contributed by atoms with van der Waals surface area (Å²) in [4.78, 5) is 35.7. The third-order valence-corrected chi connectivity index (χ3v) is 17.4. The van der Waals surface area contributed by atoms with Crippen LogP contribution in [0.5, 0.6) is 0 Å². The summed E-state index contributed by atoms with van der Waals surface area (Å²) >= 11 is 0. The van der Waals surface area contributed by atoms with Crippen LogP contribution in [0.4, 0.5) is 0 Å². The van der Waals surface area contributed by atoms with E-state index in [4.69, 9.17) is 27.9 Å². The Hall–Kier alpha value is -1.92. The lowest BCUT2D eigenvalue weighted by molar-refractivity contribution is -0.396. The van der Waals surface area contributed by atoms with Crippen molar-refractivity contribution in [3.05, 3.63) is 71.8 Å². The van der Waals surface area contributed by atoms with Crippen molar-refractivity contribution < 1.29 is 47.0 Å². The second-order valence-electron chi connectivity index (χ2n) is 16.8. The molecule has 306 valence electrons. The molecule has 1 heterocycles. The molecule has 1 fully saturated rings. The van der Waals surface area contributed by atoms with Crippen LogP contribution in [0.25, 0.3) is 0 Å². The van der Waals surface area contributed by atoms with Gasteiger partial charge in [-0.1, -0.05) is 129 Å². The van der Waals surface area contributed by atoms with Crippen LogP contribution < -0.4 is 0 Å². The lowest BCUT2D eigenvalue weighted by Gasteiger charge is -2.59. The zero-order valence-electron chi connectivity index (χ0n) is 34.7. The SMILES string of the molecule is CCCC[C@]1(OP(=O)(O)O)O[C@H](CO[Si](C(C)C)(C(C)C)C(C)C)[C@@H](OCc2ccccc2)[C@H](OCc2ccccc2)[C@@]1(CCCC)OC(=O)C(C)(C)C. The minimum absolute atomic E-state index is 0.0178. The van der Waals surface area contributed by atoms with Gasteiger partial charge in [-0.3, -0.25) is 4.79 Å². The lowest BCUT2D eigenvalue weighted by atomic mass is 9.73. The zero-order chi connectivity index (χ0) is 40.4. The fourth-order valence-electron chi connectivity index (χ4n) is 8.19. The highest BCUT2D eigenvalue weighted by Gasteiger charge is 2.70. The van der Waals surface area contributed by atoms with Crippen LogP contribution in [0.3, 0.4) is 0 Å². The van der Waals surface area contributed by atoms with Crippen LogP contribution in [0.15, 0.2) is 60.7 Å². The molecule has 54 heavy (non-hydrogen) atoms. The standard InChI is InChI=1S/C42H69O10PSi/c1-12-14-26-41(51-39(43)40(9,10)11)38(48-29-35-24-20-17-21-25-35)37(47-28-34-22-18-16-19-23-34)36(30-49-54(31(3)4,32(5)6)33(7)8)50-42(41,27-15-13-2)52-53(44,45)46/h16-25,31-33,36-38H,12-15,26-30H2,1-11H3,(H2,44,45,46)/t36-,37-,38+,41-,42-/m1/s1. The molecule has 0 aromatic heterocycles. The van der Waals surface area contributed by atoms with Crippen molar-refractivity contribution in [3.8, 4) is 0 Å². The van der Waals surface area contributed by atoms with Gasteiger partial charge in [0, 0.05) is 6.42 Å². The maximum absolute atomic E-state index is 14.3. The van der Waals surface area contributed by atoms with Crippen LogP contribution in [0.2, 0.25) is 16.6 Å². The topological polar surface area (TPSA) is 130 Å². The minimum Gasteiger partial charge on any atom is -0.450 e. The monoisotopic (exact) mass is 792 g/mol. The molecule has 1 aliphatic rings. The molecule has 2 N–H and O–H groups in total. The van der Waals surface area contributed by atoms with E-state index in [0.29, 0.717) is 25.7 Å². The summed E-state index contributed by atoms with van der Waals surface area (Å²) in [5.41, 5.74) is -0.300. The average Bonchev–Trinajstić information content (AvgIpc) is 3.09. The molecule has 10 nitrogen and oxygen atoms in total. The Morgan fingerprint density at radius 1 is 0.815 bits per heavy atom. The number of phosphoric acid groups is 1. The Balaban J connectivity index is 2.42. The van der Waals surface area contributed by atoms with Crippen LogP contribution in [0.1, 0.15) is 126 Å². The van der Waals surface area contributed by atoms with Gasteiger partial charge < -0.3 is 33.2 Å². The molecule has 0 radical (unpaired) electrons. The summed E-state index contributed by atoms with van der Waals surface area (Å²) in [7, 11) is -7.80. The highest BCUT2D eigenvalue weighted by molar-refractivity contribution is 7.46. The van der Waals surface area contributed by atoms with Gasteiger partial charge in [-0.05, 0) is 67.8 Å². The van der Waals surface area contributed by atoms with Gasteiger partial charge in [0.1, 0.15) is 18.3 Å². The van der Waals surface area contributed by atoms with E-state index in [-0.39, 0.29) is 49.3 Å². The Bertz CT molecular complexity index is 1440. The molecule has 5 atom stereocenters. The van der Waals surface area contributed by atoms with E-state index in [9.17, 15) is 19.1 Å². The highest BCUT2D eigenvalue weighted by Crippen LogP contribution is 2.57. The number of phosphoric ester groups is 1. The van der Waals surface area contributed by atoms with Gasteiger partial charge in [-0.25, -0.2) is 9.09 Å². The summed E-state index contributed by atoms with van der Waals surface area (Å²) in [6.07, 6.45) is -0.470. The molecule has 2 aromatic carbocycles. The third-order valence-electron chi connectivity index (χ3n) is 10.8. The maximum Gasteiger partial charge on any atom is 0.472 e. The highest BCUT2D eigenvalue weighted by atomic mass is 31.2. The second kappa shape index (κ2) is 20.0. The average molecular weight is 793 g/mol. The predicted octanol–water partition coefficient (Wildman–Crippen LogP) is 10.3. The van der Waals surface area contributed by atoms with Crippen molar-refractivity contribution in [1.29, 1.82) is 0 Å². The summed E-state index contributed by atoms with van der Waals surface area (Å²) in [5.74, 6) is -2.70. The molecule has 0 amide bonds. The van der Waals surface area contributed by atoms with Gasteiger partial charge in [0.15, 0.2) is 13.9 Å². The molecule has 1 aliphatic heterocycles. The van der Waals surface area contributed by atoms with Gasteiger partial charge in [-0.15, -0.1) is 0 Å². The number of benzene rings is 2. The van der Waals surface area contributed by atoms with E-state index in [0.717, 1.165) is 11.1 Å². The lowest BCUT2D eigenvalue weighted by Crippen LogP contribution is -2.76. The van der Waals surface area contributed by atoms with E-state index in [2.05, 4.69) is 41.5 Å². The molecule has 1 saturated heterocycles.